The summed E-state index contributed by atoms with van der Waals surface area (Å²) in [6.07, 6.45) is -0.537. The fraction of sp³-hybridized carbons (Fsp3) is 0.417. The van der Waals surface area contributed by atoms with Crippen LogP contribution in [0.15, 0.2) is 24.3 Å². The Morgan fingerprint density at radius 2 is 1.94 bits per heavy atom. The zero-order valence-electron chi connectivity index (χ0n) is 10.8. The summed E-state index contributed by atoms with van der Waals surface area (Å²) in [4.78, 5) is 11.5. The molecule has 5 nitrogen and oxygen atoms in total. The Labute approximate surface area is 107 Å². The second-order valence-corrected chi connectivity index (χ2v) is 4.93. The van der Waals surface area contributed by atoms with Crippen molar-refractivity contribution in [1.29, 1.82) is 0 Å². The van der Waals surface area contributed by atoms with E-state index < -0.39 is 18.8 Å². The molecule has 18 heavy (non-hydrogen) atoms. The zero-order chi connectivity index (χ0) is 13.8. The van der Waals surface area contributed by atoms with E-state index in [9.17, 15) is 4.79 Å². The molecule has 0 spiro atoms. The molecular formula is C12H18BNO4. The molecule has 1 rings (SSSR count). The largest absolute Gasteiger partial charge is 0.488 e. The maximum Gasteiger partial charge on any atom is 0.488 e. The number of hydrogen-bond acceptors (Lipinski definition) is 4. The van der Waals surface area contributed by atoms with Gasteiger partial charge < -0.3 is 20.1 Å². The van der Waals surface area contributed by atoms with Gasteiger partial charge in [0, 0.05) is 6.54 Å². The van der Waals surface area contributed by atoms with Crippen LogP contribution in [0.25, 0.3) is 0 Å². The second-order valence-electron chi connectivity index (χ2n) is 4.93. The summed E-state index contributed by atoms with van der Waals surface area (Å²) in [7, 11) is -1.55. The molecule has 0 heterocycles. The highest BCUT2D eigenvalue weighted by atomic mass is 16.6. The van der Waals surface area contributed by atoms with Gasteiger partial charge in [0.15, 0.2) is 0 Å². The van der Waals surface area contributed by atoms with Gasteiger partial charge in [-0.1, -0.05) is 24.3 Å². The summed E-state index contributed by atoms with van der Waals surface area (Å²) in [6.45, 7) is 5.51. The van der Waals surface area contributed by atoms with Crippen LogP contribution in [0.4, 0.5) is 4.79 Å². The Morgan fingerprint density at radius 1 is 1.33 bits per heavy atom. The minimum absolute atomic E-state index is 0.183. The third-order valence-electron chi connectivity index (χ3n) is 2.16. The Bertz CT molecular complexity index is 415. The van der Waals surface area contributed by atoms with E-state index in [0.717, 1.165) is 0 Å². The van der Waals surface area contributed by atoms with Crippen LogP contribution in [-0.4, -0.2) is 28.9 Å². The van der Waals surface area contributed by atoms with E-state index in [4.69, 9.17) is 14.8 Å². The molecule has 0 aliphatic rings. The molecule has 0 saturated carbocycles. The molecule has 0 fully saturated rings. The Kier molecular flexibility index (Phi) is 4.75. The van der Waals surface area contributed by atoms with Gasteiger partial charge in [0.25, 0.3) is 0 Å². The van der Waals surface area contributed by atoms with E-state index in [1.54, 1.807) is 45.0 Å². The first-order valence-corrected chi connectivity index (χ1v) is 5.70. The van der Waals surface area contributed by atoms with Crippen LogP contribution in [-0.2, 0) is 11.3 Å². The monoisotopic (exact) mass is 251 g/mol. The summed E-state index contributed by atoms with van der Waals surface area (Å²) in [5.41, 5.74) is 0.451. The summed E-state index contributed by atoms with van der Waals surface area (Å²) in [5.74, 6) is 0. The summed E-state index contributed by atoms with van der Waals surface area (Å²) in [6, 6.07) is 6.77. The smallest absolute Gasteiger partial charge is 0.444 e. The number of benzene rings is 1. The molecule has 0 unspecified atom stereocenters. The summed E-state index contributed by atoms with van der Waals surface area (Å²) >= 11 is 0. The number of carbonyl (C=O) groups excluding carboxylic acids is 1. The van der Waals surface area contributed by atoms with Crippen molar-refractivity contribution in [2.45, 2.75) is 32.9 Å². The molecule has 0 atom stereocenters. The van der Waals surface area contributed by atoms with E-state index in [0.29, 0.717) is 11.0 Å². The zero-order valence-corrected chi connectivity index (χ0v) is 10.8. The van der Waals surface area contributed by atoms with E-state index in [2.05, 4.69) is 5.32 Å². The highest BCUT2D eigenvalue weighted by molar-refractivity contribution is 6.59. The lowest BCUT2D eigenvalue weighted by atomic mass is 9.77. The first-order chi connectivity index (χ1) is 8.29. The molecule has 6 heteroatoms. The fourth-order valence-electron chi connectivity index (χ4n) is 1.43. The quantitative estimate of drug-likeness (QED) is 0.679. The number of carbonyl (C=O) groups is 1. The number of hydrogen-bond donors (Lipinski definition) is 3. The predicted octanol–water partition coefficient (Wildman–Crippen LogP) is 0.391. The Hall–Kier alpha value is -1.53. The van der Waals surface area contributed by atoms with Crippen LogP contribution >= 0.6 is 0 Å². The predicted molar refractivity (Wildman–Crippen MR) is 69.3 cm³/mol. The van der Waals surface area contributed by atoms with Gasteiger partial charge in [-0.3, -0.25) is 0 Å². The van der Waals surface area contributed by atoms with Crippen LogP contribution in [0.2, 0.25) is 0 Å². The van der Waals surface area contributed by atoms with Crippen molar-refractivity contribution in [2.75, 3.05) is 0 Å². The Balaban J connectivity index is 2.61. The molecular weight excluding hydrogens is 233 g/mol. The lowest BCUT2D eigenvalue weighted by Crippen LogP contribution is -2.37. The van der Waals surface area contributed by atoms with Crippen LogP contribution < -0.4 is 10.8 Å². The van der Waals surface area contributed by atoms with Crippen LogP contribution in [0.3, 0.4) is 0 Å². The molecule has 0 saturated heterocycles. The minimum atomic E-state index is -1.55. The molecule has 3 N–H and O–H groups in total. The SMILES string of the molecule is CC(C)(C)OC(=O)NCc1ccccc1B(O)O. The van der Waals surface area contributed by atoms with Crippen LogP contribution in [0.1, 0.15) is 26.3 Å². The van der Waals surface area contributed by atoms with Crippen LogP contribution in [0, 0.1) is 0 Å². The summed E-state index contributed by atoms with van der Waals surface area (Å²) < 4.78 is 5.08. The standard InChI is InChI=1S/C12H18BNO4/c1-12(2,3)18-11(15)14-8-9-6-4-5-7-10(9)13(16)17/h4-7,16-17H,8H2,1-3H3,(H,14,15). The normalized spacial score (nSPS) is 10.9. The van der Waals surface area contributed by atoms with Gasteiger partial charge in [-0.15, -0.1) is 0 Å². The molecule has 98 valence electrons. The minimum Gasteiger partial charge on any atom is -0.444 e. The second kappa shape index (κ2) is 5.88. The molecule has 1 amide bonds. The molecule has 1 aromatic carbocycles. The molecule has 1 aromatic rings. The van der Waals surface area contributed by atoms with Gasteiger partial charge in [-0.25, -0.2) is 4.79 Å². The van der Waals surface area contributed by atoms with Gasteiger partial charge in [0.05, 0.1) is 0 Å². The van der Waals surface area contributed by atoms with Gasteiger partial charge in [0.1, 0.15) is 5.60 Å². The number of alkyl carbamates (subject to hydrolysis) is 1. The molecule has 0 radical (unpaired) electrons. The average molecular weight is 251 g/mol. The summed E-state index contributed by atoms with van der Waals surface area (Å²) in [5, 5.41) is 20.9. The number of ether oxygens (including phenoxy) is 1. The number of amides is 1. The van der Waals surface area contributed by atoms with Crippen molar-refractivity contribution in [3.63, 3.8) is 0 Å². The van der Waals surface area contributed by atoms with Crippen molar-refractivity contribution in [3.05, 3.63) is 29.8 Å². The molecule has 0 aliphatic heterocycles. The molecule has 0 bridgehead atoms. The van der Waals surface area contributed by atoms with Gasteiger partial charge in [-0.2, -0.15) is 0 Å². The van der Waals surface area contributed by atoms with Crippen molar-refractivity contribution in [2.24, 2.45) is 0 Å². The van der Waals surface area contributed by atoms with Crippen molar-refractivity contribution < 1.29 is 19.6 Å². The maximum absolute atomic E-state index is 11.5. The highest BCUT2D eigenvalue weighted by Crippen LogP contribution is 2.06. The van der Waals surface area contributed by atoms with E-state index in [-0.39, 0.29) is 6.54 Å². The van der Waals surface area contributed by atoms with Crippen LogP contribution in [0.5, 0.6) is 0 Å². The third kappa shape index (κ3) is 4.77. The first kappa shape index (κ1) is 14.5. The van der Waals surface area contributed by atoms with Crippen molar-refractivity contribution >= 4 is 18.7 Å². The Morgan fingerprint density at radius 3 is 2.50 bits per heavy atom. The van der Waals surface area contributed by atoms with Crippen molar-refractivity contribution in [1.82, 2.24) is 5.32 Å². The topological polar surface area (TPSA) is 78.8 Å². The maximum atomic E-state index is 11.5. The van der Waals surface area contributed by atoms with Gasteiger partial charge in [0.2, 0.25) is 0 Å². The van der Waals surface area contributed by atoms with E-state index in [1.165, 1.54) is 0 Å². The van der Waals surface area contributed by atoms with Gasteiger partial charge in [-0.05, 0) is 31.8 Å². The molecule has 0 aromatic heterocycles. The lowest BCUT2D eigenvalue weighted by Gasteiger charge is -2.20. The highest BCUT2D eigenvalue weighted by Gasteiger charge is 2.18. The number of rotatable bonds is 3. The number of nitrogens with one attached hydrogen (secondary N) is 1. The fourth-order valence-corrected chi connectivity index (χ4v) is 1.43. The lowest BCUT2D eigenvalue weighted by molar-refractivity contribution is 0.0523. The van der Waals surface area contributed by atoms with E-state index >= 15 is 0 Å². The molecule has 0 aliphatic carbocycles. The first-order valence-electron chi connectivity index (χ1n) is 5.70. The van der Waals surface area contributed by atoms with Gasteiger partial charge >= 0.3 is 13.2 Å². The average Bonchev–Trinajstić information content (AvgIpc) is 2.24. The van der Waals surface area contributed by atoms with Crippen molar-refractivity contribution in [3.8, 4) is 0 Å². The van der Waals surface area contributed by atoms with E-state index in [1.807, 2.05) is 0 Å². The third-order valence-corrected chi connectivity index (χ3v) is 2.16.